The summed E-state index contributed by atoms with van der Waals surface area (Å²) in [5, 5.41) is 1.04. The number of rotatable bonds is 1. The van der Waals surface area contributed by atoms with Crippen molar-refractivity contribution >= 4 is 16.9 Å². The van der Waals surface area contributed by atoms with Crippen LogP contribution in [-0.4, -0.2) is 20.9 Å². The molecule has 0 saturated carbocycles. The molecular formula is C14H13N3O2. The van der Waals surface area contributed by atoms with Crippen molar-refractivity contribution < 1.29 is 9.53 Å². The molecule has 0 amide bonds. The molecule has 0 fully saturated rings. The lowest BCUT2D eigenvalue weighted by atomic mass is 10.2. The minimum absolute atomic E-state index is 0.304. The molecule has 0 unspecified atom stereocenters. The van der Waals surface area contributed by atoms with Gasteiger partial charge in [-0.3, -0.25) is 4.79 Å². The predicted octanol–water partition coefficient (Wildman–Crippen LogP) is 2.57. The Morgan fingerprint density at radius 3 is 2.53 bits per heavy atom. The van der Waals surface area contributed by atoms with Crippen LogP contribution in [0.2, 0.25) is 0 Å². The molecule has 0 saturated heterocycles. The molecule has 96 valence electrons. The van der Waals surface area contributed by atoms with Gasteiger partial charge in [0, 0.05) is 30.9 Å². The average Bonchev–Trinajstić information content (AvgIpc) is 2.90. The number of H-pyrrole nitrogens is 1. The number of nitrogens with one attached hydrogen (secondary N) is 1. The number of hydrogen-bond acceptors (Lipinski definition) is 4. The number of carbonyl (C=O) groups is 1. The molecular weight excluding hydrogens is 242 g/mol. The molecule has 5 heteroatoms. The monoisotopic (exact) mass is 255 g/mol. The van der Waals surface area contributed by atoms with E-state index in [9.17, 15) is 4.79 Å². The van der Waals surface area contributed by atoms with E-state index in [1.807, 2.05) is 24.4 Å². The quantitative estimate of drug-likeness (QED) is 0.536. The van der Waals surface area contributed by atoms with Crippen LogP contribution in [0.15, 0.2) is 55.2 Å². The number of hydrogen-bond donors (Lipinski definition) is 1. The van der Waals surface area contributed by atoms with E-state index in [4.69, 9.17) is 4.74 Å². The number of para-hydroxylation sites is 1. The molecule has 0 aliphatic rings. The second-order valence-corrected chi connectivity index (χ2v) is 3.70. The van der Waals surface area contributed by atoms with Gasteiger partial charge >= 0.3 is 5.97 Å². The standard InChI is InChI=1S/C10H9NO2.C4H4N2/c1-7(12)13-9-4-2-3-8-5-6-11-10(8)9;1-2-5-4-6-3-1/h2-6,11H,1H3;1-4H. The zero-order valence-electron chi connectivity index (χ0n) is 10.4. The van der Waals surface area contributed by atoms with Crippen molar-refractivity contribution in [1.29, 1.82) is 0 Å². The molecule has 0 atom stereocenters. The summed E-state index contributed by atoms with van der Waals surface area (Å²) >= 11 is 0. The lowest BCUT2D eigenvalue weighted by Crippen LogP contribution is -2.01. The predicted molar refractivity (Wildman–Crippen MR) is 71.6 cm³/mol. The number of benzene rings is 1. The maximum atomic E-state index is 10.7. The van der Waals surface area contributed by atoms with Gasteiger partial charge in [0.2, 0.25) is 0 Å². The van der Waals surface area contributed by atoms with Crippen molar-refractivity contribution in [2.45, 2.75) is 6.92 Å². The molecule has 0 radical (unpaired) electrons. The SMILES string of the molecule is CC(=O)Oc1cccc2cc[nH]c12.c1cncnc1. The number of fused-ring (bicyclic) bond motifs is 1. The van der Waals surface area contributed by atoms with Gasteiger partial charge in [0.25, 0.3) is 0 Å². The number of aromatic nitrogens is 3. The Morgan fingerprint density at radius 1 is 1.16 bits per heavy atom. The lowest BCUT2D eigenvalue weighted by Gasteiger charge is -2.01. The van der Waals surface area contributed by atoms with E-state index in [1.165, 1.54) is 13.3 Å². The Kier molecular flexibility index (Phi) is 4.23. The molecule has 5 nitrogen and oxygen atoms in total. The first-order chi connectivity index (χ1) is 9.27. The largest absolute Gasteiger partial charge is 0.424 e. The molecule has 3 aromatic rings. The topological polar surface area (TPSA) is 67.9 Å². The number of carbonyl (C=O) groups excluding carboxylic acids is 1. The maximum absolute atomic E-state index is 10.7. The summed E-state index contributed by atoms with van der Waals surface area (Å²) in [6.07, 6.45) is 6.69. The summed E-state index contributed by atoms with van der Waals surface area (Å²) in [5.74, 6) is 0.275. The lowest BCUT2D eigenvalue weighted by molar-refractivity contribution is -0.131. The number of aromatic amines is 1. The van der Waals surface area contributed by atoms with Gasteiger partial charge in [-0.15, -0.1) is 0 Å². The van der Waals surface area contributed by atoms with Crippen LogP contribution in [0.5, 0.6) is 5.75 Å². The van der Waals surface area contributed by atoms with E-state index < -0.39 is 0 Å². The Bertz CT molecular complexity index is 623. The van der Waals surface area contributed by atoms with Crippen molar-refractivity contribution in [1.82, 2.24) is 15.0 Å². The van der Waals surface area contributed by atoms with Gasteiger partial charge in [0.15, 0.2) is 5.75 Å². The van der Waals surface area contributed by atoms with Crippen LogP contribution in [0, 0.1) is 0 Å². The Morgan fingerprint density at radius 2 is 1.95 bits per heavy atom. The van der Waals surface area contributed by atoms with Gasteiger partial charge in [-0.05, 0) is 18.2 Å². The molecule has 0 spiro atoms. The zero-order valence-corrected chi connectivity index (χ0v) is 10.4. The summed E-state index contributed by atoms with van der Waals surface area (Å²) in [4.78, 5) is 21.1. The molecule has 0 bridgehead atoms. The van der Waals surface area contributed by atoms with Crippen molar-refractivity contribution in [2.24, 2.45) is 0 Å². The van der Waals surface area contributed by atoms with Crippen molar-refractivity contribution in [3.8, 4) is 5.75 Å². The van der Waals surface area contributed by atoms with Gasteiger partial charge in [-0.1, -0.05) is 12.1 Å². The third kappa shape index (κ3) is 3.64. The average molecular weight is 255 g/mol. The van der Waals surface area contributed by atoms with Gasteiger partial charge in [0.1, 0.15) is 6.33 Å². The zero-order chi connectivity index (χ0) is 13.5. The highest BCUT2D eigenvalue weighted by Gasteiger charge is 2.03. The Hall–Kier alpha value is -2.69. The van der Waals surface area contributed by atoms with Gasteiger partial charge in [0.05, 0.1) is 5.52 Å². The number of ether oxygens (including phenoxy) is 1. The van der Waals surface area contributed by atoms with Gasteiger partial charge in [-0.2, -0.15) is 0 Å². The molecule has 1 N–H and O–H groups in total. The molecule has 19 heavy (non-hydrogen) atoms. The number of esters is 1. The van der Waals surface area contributed by atoms with E-state index in [0.717, 1.165) is 10.9 Å². The van der Waals surface area contributed by atoms with Gasteiger partial charge < -0.3 is 9.72 Å². The normalized spacial score (nSPS) is 9.53. The fourth-order valence-corrected chi connectivity index (χ4v) is 1.55. The minimum atomic E-state index is -0.304. The molecule has 2 heterocycles. The molecule has 0 aliphatic carbocycles. The summed E-state index contributed by atoms with van der Waals surface area (Å²) in [7, 11) is 0. The summed E-state index contributed by atoms with van der Waals surface area (Å²) < 4.78 is 5.02. The maximum Gasteiger partial charge on any atom is 0.308 e. The minimum Gasteiger partial charge on any atom is -0.424 e. The van der Waals surface area contributed by atoms with Crippen molar-refractivity contribution in [2.75, 3.05) is 0 Å². The first-order valence-corrected chi connectivity index (χ1v) is 5.72. The van der Waals surface area contributed by atoms with E-state index in [-0.39, 0.29) is 5.97 Å². The summed E-state index contributed by atoms with van der Waals surface area (Å²) in [6.45, 7) is 1.39. The number of nitrogens with zero attached hydrogens (tertiary/aromatic N) is 2. The van der Waals surface area contributed by atoms with Crippen LogP contribution in [0.25, 0.3) is 10.9 Å². The first-order valence-electron chi connectivity index (χ1n) is 5.72. The highest BCUT2D eigenvalue weighted by Crippen LogP contribution is 2.23. The first kappa shape index (κ1) is 12.8. The van der Waals surface area contributed by atoms with E-state index in [1.54, 1.807) is 24.5 Å². The second-order valence-electron chi connectivity index (χ2n) is 3.70. The molecule has 0 aliphatic heterocycles. The molecule has 1 aromatic carbocycles. The fraction of sp³-hybridized carbons (Fsp3) is 0.0714. The van der Waals surface area contributed by atoms with Crippen LogP contribution < -0.4 is 4.74 Å². The van der Waals surface area contributed by atoms with E-state index >= 15 is 0 Å². The fourth-order valence-electron chi connectivity index (χ4n) is 1.55. The second kappa shape index (κ2) is 6.30. The molecule has 3 rings (SSSR count). The summed E-state index contributed by atoms with van der Waals surface area (Å²) in [6, 6.07) is 9.29. The summed E-state index contributed by atoms with van der Waals surface area (Å²) in [5.41, 5.74) is 0.859. The smallest absolute Gasteiger partial charge is 0.308 e. The van der Waals surface area contributed by atoms with Gasteiger partial charge in [-0.25, -0.2) is 9.97 Å². The van der Waals surface area contributed by atoms with Crippen molar-refractivity contribution in [3.05, 3.63) is 55.2 Å². The Balaban J connectivity index is 0.000000186. The van der Waals surface area contributed by atoms with Crippen LogP contribution in [0.1, 0.15) is 6.92 Å². The third-order valence-corrected chi connectivity index (χ3v) is 2.28. The highest BCUT2D eigenvalue weighted by atomic mass is 16.5. The van der Waals surface area contributed by atoms with Crippen molar-refractivity contribution in [3.63, 3.8) is 0 Å². The van der Waals surface area contributed by atoms with E-state index in [2.05, 4.69) is 15.0 Å². The third-order valence-electron chi connectivity index (χ3n) is 2.28. The van der Waals surface area contributed by atoms with Crippen LogP contribution in [0.4, 0.5) is 0 Å². The molecule has 2 aromatic heterocycles. The van der Waals surface area contributed by atoms with Crippen LogP contribution in [0.3, 0.4) is 0 Å². The van der Waals surface area contributed by atoms with Crippen LogP contribution >= 0.6 is 0 Å². The van der Waals surface area contributed by atoms with E-state index in [0.29, 0.717) is 5.75 Å². The Labute approximate surface area is 110 Å². The highest BCUT2D eigenvalue weighted by molar-refractivity contribution is 5.87. The van der Waals surface area contributed by atoms with Crippen LogP contribution in [-0.2, 0) is 4.79 Å².